The van der Waals surface area contributed by atoms with Crippen LogP contribution in [0.5, 0.6) is 11.5 Å². The highest BCUT2D eigenvalue weighted by molar-refractivity contribution is 5.98. The number of urea groups is 1. The molecule has 2 rings (SSSR count). The summed E-state index contributed by atoms with van der Waals surface area (Å²) in [6, 6.07) is 8.17. The maximum Gasteiger partial charge on any atom is 0.339 e. The predicted molar refractivity (Wildman–Crippen MR) is 106 cm³/mol. The minimum atomic E-state index is -1.27. The standard InChI is InChI=1S/C20H20FN3O7/c1-11(18(26)24-20(22)28)31-19(27)12-3-8-15(16(9-12)29-2)30-10-17(25)23-14-6-4-13(21)5-7-14/h3-9,11H,10H2,1-2H3,(H,23,25)(H3,22,24,26,28)/t11-/m0/s1. The molecule has 0 bridgehead atoms. The normalized spacial score (nSPS) is 11.1. The third-order valence-corrected chi connectivity index (χ3v) is 3.79. The van der Waals surface area contributed by atoms with Gasteiger partial charge in [0, 0.05) is 5.69 Å². The zero-order valence-corrected chi connectivity index (χ0v) is 16.6. The van der Waals surface area contributed by atoms with Gasteiger partial charge in [-0.05, 0) is 49.4 Å². The number of benzene rings is 2. The van der Waals surface area contributed by atoms with E-state index in [0.29, 0.717) is 5.69 Å². The van der Waals surface area contributed by atoms with Gasteiger partial charge in [-0.3, -0.25) is 14.9 Å². The number of rotatable bonds is 8. The smallest absolute Gasteiger partial charge is 0.339 e. The van der Waals surface area contributed by atoms with Crippen molar-refractivity contribution < 1.29 is 37.8 Å². The van der Waals surface area contributed by atoms with Crippen molar-refractivity contribution in [2.45, 2.75) is 13.0 Å². The number of amides is 4. The lowest BCUT2D eigenvalue weighted by Gasteiger charge is -2.14. The van der Waals surface area contributed by atoms with E-state index in [-0.39, 0.29) is 23.7 Å². The molecule has 1 atom stereocenters. The van der Waals surface area contributed by atoms with Crippen LogP contribution in [0.1, 0.15) is 17.3 Å². The van der Waals surface area contributed by atoms with Crippen molar-refractivity contribution in [2.75, 3.05) is 19.0 Å². The van der Waals surface area contributed by atoms with Gasteiger partial charge in [0.2, 0.25) is 0 Å². The lowest BCUT2D eigenvalue weighted by molar-refractivity contribution is -0.127. The number of hydrogen-bond donors (Lipinski definition) is 3. The summed E-state index contributed by atoms with van der Waals surface area (Å²) in [6.07, 6.45) is -1.27. The Balaban J connectivity index is 1.98. The maximum atomic E-state index is 12.9. The molecule has 11 heteroatoms. The Morgan fingerprint density at radius 3 is 2.35 bits per heavy atom. The minimum Gasteiger partial charge on any atom is -0.493 e. The van der Waals surface area contributed by atoms with Crippen LogP contribution >= 0.6 is 0 Å². The number of hydrogen-bond acceptors (Lipinski definition) is 7. The van der Waals surface area contributed by atoms with Crippen LogP contribution in [0.15, 0.2) is 42.5 Å². The van der Waals surface area contributed by atoms with Crippen LogP contribution in [-0.2, 0) is 14.3 Å². The average Bonchev–Trinajstić information content (AvgIpc) is 2.73. The van der Waals surface area contributed by atoms with Gasteiger partial charge in [0.05, 0.1) is 12.7 Å². The van der Waals surface area contributed by atoms with Crippen molar-refractivity contribution in [1.29, 1.82) is 0 Å². The first-order chi connectivity index (χ1) is 14.7. The summed E-state index contributed by atoms with van der Waals surface area (Å²) in [4.78, 5) is 46.5. The largest absolute Gasteiger partial charge is 0.493 e. The molecule has 4 N–H and O–H groups in total. The topological polar surface area (TPSA) is 146 Å². The second kappa shape index (κ2) is 10.6. The molecule has 10 nitrogen and oxygen atoms in total. The van der Waals surface area contributed by atoms with E-state index in [2.05, 4.69) is 5.32 Å². The van der Waals surface area contributed by atoms with Crippen LogP contribution in [0.3, 0.4) is 0 Å². The van der Waals surface area contributed by atoms with Crippen LogP contribution in [0.25, 0.3) is 0 Å². The second-order valence-electron chi connectivity index (χ2n) is 6.11. The number of methoxy groups -OCH3 is 1. The van der Waals surface area contributed by atoms with Gasteiger partial charge in [-0.2, -0.15) is 0 Å². The van der Waals surface area contributed by atoms with E-state index in [9.17, 15) is 23.6 Å². The summed E-state index contributed by atoms with van der Waals surface area (Å²) >= 11 is 0. The highest BCUT2D eigenvalue weighted by Crippen LogP contribution is 2.28. The number of halogens is 1. The molecule has 0 aliphatic heterocycles. The molecule has 31 heavy (non-hydrogen) atoms. The van der Waals surface area contributed by atoms with Gasteiger partial charge < -0.3 is 25.3 Å². The first kappa shape index (κ1) is 23.1. The monoisotopic (exact) mass is 433 g/mol. The molecule has 0 aliphatic carbocycles. The first-order valence-corrected chi connectivity index (χ1v) is 8.87. The van der Waals surface area contributed by atoms with Crippen molar-refractivity contribution in [3.63, 3.8) is 0 Å². The Morgan fingerprint density at radius 1 is 1.06 bits per heavy atom. The fourth-order valence-corrected chi connectivity index (χ4v) is 2.29. The minimum absolute atomic E-state index is 0.0405. The second-order valence-corrected chi connectivity index (χ2v) is 6.11. The van der Waals surface area contributed by atoms with E-state index in [4.69, 9.17) is 19.9 Å². The number of carbonyl (C=O) groups is 4. The molecule has 0 saturated carbocycles. The van der Waals surface area contributed by atoms with Crippen LogP contribution in [-0.4, -0.2) is 43.6 Å². The number of nitrogens with one attached hydrogen (secondary N) is 2. The van der Waals surface area contributed by atoms with Crippen molar-refractivity contribution in [1.82, 2.24) is 5.32 Å². The molecule has 0 saturated heterocycles. The highest BCUT2D eigenvalue weighted by atomic mass is 19.1. The number of primary amides is 1. The van der Waals surface area contributed by atoms with Gasteiger partial charge in [0.1, 0.15) is 5.82 Å². The molecule has 0 fully saturated rings. The Labute approximate surface area is 176 Å². The van der Waals surface area contributed by atoms with E-state index >= 15 is 0 Å². The zero-order chi connectivity index (χ0) is 23.0. The molecular weight excluding hydrogens is 413 g/mol. The zero-order valence-electron chi connectivity index (χ0n) is 16.6. The Hall–Kier alpha value is -4.15. The number of esters is 1. The Morgan fingerprint density at radius 2 is 1.74 bits per heavy atom. The molecule has 0 spiro atoms. The number of nitrogens with two attached hydrogens (primary N) is 1. The molecule has 0 radical (unpaired) electrons. The van der Waals surface area contributed by atoms with E-state index < -0.39 is 35.7 Å². The summed E-state index contributed by atoms with van der Waals surface area (Å²) in [5, 5.41) is 4.34. The van der Waals surface area contributed by atoms with Gasteiger partial charge >= 0.3 is 12.0 Å². The van der Waals surface area contributed by atoms with Gasteiger partial charge in [-0.25, -0.2) is 14.0 Å². The molecule has 2 aromatic rings. The summed E-state index contributed by atoms with van der Waals surface area (Å²) in [5.41, 5.74) is 5.28. The molecule has 2 aromatic carbocycles. The van der Waals surface area contributed by atoms with Crippen molar-refractivity contribution in [2.24, 2.45) is 5.73 Å². The Bertz CT molecular complexity index is 979. The average molecular weight is 433 g/mol. The van der Waals surface area contributed by atoms with E-state index in [0.717, 1.165) is 0 Å². The molecule has 164 valence electrons. The maximum absolute atomic E-state index is 12.9. The van der Waals surface area contributed by atoms with Gasteiger partial charge in [-0.15, -0.1) is 0 Å². The Kier molecular flexibility index (Phi) is 7.89. The molecule has 0 heterocycles. The lowest BCUT2D eigenvalue weighted by Crippen LogP contribution is -2.42. The number of carbonyl (C=O) groups excluding carboxylic acids is 4. The summed E-state index contributed by atoms with van der Waals surface area (Å²) in [7, 11) is 1.33. The molecule has 0 unspecified atom stereocenters. The summed E-state index contributed by atoms with van der Waals surface area (Å²) in [5.74, 6) is -2.34. The van der Waals surface area contributed by atoms with Crippen LogP contribution in [0, 0.1) is 5.82 Å². The molecule has 4 amide bonds. The van der Waals surface area contributed by atoms with Crippen LogP contribution in [0.2, 0.25) is 0 Å². The SMILES string of the molecule is COc1cc(C(=O)O[C@@H](C)C(=O)NC(N)=O)ccc1OCC(=O)Nc1ccc(F)cc1. The van der Waals surface area contributed by atoms with Gasteiger partial charge in [0.15, 0.2) is 24.2 Å². The summed E-state index contributed by atoms with van der Waals surface area (Å²) in [6.45, 7) is 0.895. The fourth-order valence-electron chi connectivity index (χ4n) is 2.29. The van der Waals surface area contributed by atoms with E-state index in [1.54, 1.807) is 5.32 Å². The lowest BCUT2D eigenvalue weighted by atomic mass is 10.2. The number of anilines is 1. The van der Waals surface area contributed by atoms with Crippen LogP contribution < -0.4 is 25.8 Å². The molecule has 0 aromatic heterocycles. The van der Waals surface area contributed by atoms with Gasteiger partial charge in [0.25, 0.3) is 11.8 Å². The fraction of sp³-hybridized carbons (Fsp3) is 0.200. The molecular formula is C20H20FN3O7. The summed E-state index contributed by atoms with van der Waals surface area (Å²) < 4.78 is 28.4. The quantitative estimate of drug-likeness (QED) is 0.536. The number of ether oxygens (including phenoxy) is 3. The first-order valence-electron chi connectivity index (χ1n) is 8.87. The van der Waals surface area contributed by atoms with Crippen molar-refractivity contribution >= 4 is 29.5 Å². The predicted octanol–water partition coefficient (Wildman–Crippen LogP) is 1.59. The van der Waals surface area contributed by atoms with Gasteiger partial charge in [-0.1, -0.05) is 0 Å². The van der Waals surface area contributed by atoms with Crippen molar-refractivity contribution in [3.8, 4) is 11.5 Å². The van der Waals surface area contributed by atoms with Crippen molar-refractivity contribution in [3.05, 3.63) is 53.8 Å². The third kappa shape index (κ3) is 6.99. The molecule has 0 aliphatic rings. The third-order valence-electron chi connectivity index (χ3n) is 3.79. The van der Waals surface area contributed by atoms with E-state index in [1.807, 2.05) is 0 Å². The van der Waals surface area contributed by atoms with E-state index in [1.165, 1.54) is 56.5 Å². The highest BCUT2D eigenvalue weighted by Gasteiger charge is 2.21. The number of imide groups is 1. The van der Waals surface area contributed by atoms with Crippen LogP contribution in [0.4, 0.5) is 14.9 Å².